The lowest BCUT2D eigenvalue weighted by molar-refractivity contribution is -0.153. The summed E-state index contributed by atoms with van der Waals surface area (Å²) < 4.78 is 17.2. The molecular weight excluding hydrogens is 398 g/mol. The minimum Gasteiger partial charge on any atom is -0.490 e. The third kappa shape index (κ3) is 5.07. The van der Waals surface area contributed by atoms with Crippen molar-refractivity contribution in [1.29, 1.82) is 0 Å². The number of carbonyl (C=O) groups excluding carboxylic acids is 2. The summed E-state index contributed by atoms with van der Waals surface area (Å²) in [6, 6.07) is 9.44. The molecule has 31 heavy (non-hydrogen) atoms. The molecule has 1 aromatic carbocycles. The van der Waals surface area contributed by atoms with Crippen molar-refractivity contribution in [3.8, 4) is 5.75 Å². The van der Waals surface area contributed by atoms with Gasteiger partial charge in [-0.1, -0.05) is 23.4 Å². The molecule has 0 N–H and O–H groups in total. The zero-order valence-electron chi connectivity index (χ0n) is 17.9. The third-order valence-corrected chi connectivity index (χ3v) is 5.94. The number of piperidine rings is 1. The average Bonchev–Trinajstić information content (AvgIpc) is 3.24. The van der Waals surface area contributed by atoms with E-state index in [9.17, 15) is 9.59 Å². The molecule has 2 aromatic rings. The number of benzene rings is 1. The molecule has 4 rings (SSSR count). The fourth-order valence-corrected chi connectivity index (χ4v) is 4.20. The number of nitrogens with zero attached hydrogens (tertiary/aromatic N) is 3. The Kier molecular flexibility index (Phi) is 6.56. The van der Waals surface area contributed by atoms with Gasteiger partial charge in [-0.05, 0) is 38.3 Å². The van der Waals surface area contributed by atoms with Crippen LogP contribution in [-0.4, -0.2) is 71.8 Å². The van der Waals surface area contributed by atoms with Gasteiger partial charge in [0.1, 0.15) is 29.3 Å². The Morgan fingerprint density at radius 2 is 1.87 bits per heavy atom. The van der Waals surface area contributed by atoms with Crippen LogP contribution in [0.5, 0.6) is 5.75 Å². The van der Waals surface area contributed by atoms with Crippen LogP contribution in [-0.2, 0) is 9.53 Å². The number of hydrogen-bond acceptors (Lipinski definition) is 6. The first-order valence-corrected chi connectivity index (χ1v) is 10.9. The predicted octanol–water partition coefficient (Wildman–Crippen LogP) is 2.68. The molecule has 0 saturated carbocycles. The van der Waals surface area contributed by atoms with Gasteiger partial charge in [0.25, 0.3) is 5.91 Å². The summed E-state index contributed by atoms with van der Waals surface area (Å²) in [5.74, 6) is 1.06. The van der Waals surface area contributed by atoms with E-state index < -0.39 is 5.60 Å². The Balaban J connectivity index is 1.52. The van der Waals surface area contributed by atoms with Gasteiger partial charge >= 0.3 is 0 Å². The average molecular weight is 428 g/mol. The van der Waals surface area contributed by atoms with Crippen molar-refractivity contribution in [2.45, 2.75) is 38.2 Å². The number of carbonyl (C=O) groups is 2. The summed E-state index contributed by atoms with van der Waals surface area (Å²) in [6.45, 7) is 4.49. The first kappa shape index (κ1) is 21.4. The van der Waals surface area contributed by atoms with Gasteiger partial charge in [-0.25, -0.2) is 0 Å². The predicted molar refractivity (Wildman–Crippen MR) is 113 cm³/mol. The summed E-state index contributed by atoms with van der Waals surface area (Å²) in [7, 11) is 0. The molecule has 0 bridgehead atoms. The van der Waals surface area contributed by atoms with Gasteiger partial charge in [-0.2, -0.15) is 0 Å². The highest BCUT2D eigenvalue weighted by Gasteiger charge is 2.43. The summed E-state index contributed by atoms with van der Waals surface area (Å²) in [5, 5.41) is 3.72. The number of rotatable bonds is 6. The number of hydrogen-bond donors (Lipinski definition) is 0. The van der Waals surface area contributed by atoms with Gasteiger partial charge in [0.2, 0.25) is 5.91 Å². The SMILES string of the molecule is Cc1oncc1C(=O)N1CCOC(COc2ccccc2)(CC(=O)N2CCCCC2)C1. The Hall–Kier alpha value is -2.87. The first-order chi connectivity index (χ1) is 15.1. The van der Waals surface area contributed by atoms with E-state index in [0.717, 1.165) is 32.4 Å². The maximum atomic E-state index is 13.1. The molecule has 2 aliphatic heterocycles. The Morgan fingerprint density at radius 1 is 1.10 bits per heavy atom. The third-order valence-electron chi connectivity index (χ3n) is 5.94. The first-order valence-electron chi connectivity index (χ1n) is 10.9. The van der Waals surface area contributed by atoms with Crippen molar-refractivity contribution >= 4 is 11.8 Å². The van der Waals surface area contributed by atoms with Crippen LogP contribution in [0.2, 0.25) is 0 Å². The van der Waals surface area contributed by atoms with E-state index in [2.05, 4.69) is 5.16 Å². The number of ether oxygens (including phenoxy) is 2. The minimum absolute atomic E-state index is 0.0480. The van der Waals surface area contributed by atoms with Gasteiger partial charge in [-0.3, -0.25) is 9.59 Å². The van der Waals surface area contributed by atoms with Gasteiger partial charge in [0.15, 0.2) is 0 Å². The maximum Gasteiger partial charge on any atom is 0.259 e. The van der Waals surface area contributed by atoms with Gasteiger partial charge in [-0.15, -0.1) is 0 Å². The van der Waals surface area contributed by atoms with Crippen LogP contribution in [0.15, 0.2) is 41.1 Å². The number of para-hydroxylation sites is 1. The highest BCUT2D eigenvalue weighted by molar-refractivity contribution is 5.95. The molecule has 0 radical (unpaired) electrons. The highest BCUT2D eigenvalue weighted by atomic mass is 16.5. The van der Waals surface area contributed by atoms with Crippen LogP contribution in [0.25, 0.3) is 0 Å². The molecule has 166 valence electrons. The second kappa shape index (κ2) is 9.51. The summed E-state index contributed by atoms with van der Waals surface area (Å²) in [4.78, 5) is 29.8. The van der Waals surface area contributed by atoms with Crippen LogP contribution < -0.4 is 4.74 Å². The monoisotopic (exact) mass is 427 g/mol. The minimum atomic E-state index is -0.913. The molecule has 3 heterocycles. The molecule has 8 heteroatoms. The Labute approximate surface area is 182 Å². The molecule has 0 aliphatic carbocycles. The molecule has 8 nitrogen and oxygen atoms in total. The largest absolute Gasteiger partial charge is 0.490 e. The molecule has 1 atom stereocenters. The number of amides is 2. The van der Waals surface area contributed by atoms with Crippen LogP contribution in [0.3, 0.4) is 0 Å². The Morgan fingerprint density at radius 3 is 2.58 bits per heavy atom. The summed E-state index contributed by atoms with van der Waals surface area (Å²) in [5.41, 5.74) is -0.481. The van der Waals surface area contributed by atoms with Crippen LogP contribution in [0.4, 0.5) is 0 Å². The van der Waals surface area contributed by atoms with E-state index in [0.29, 0.717) is 30.2 Å². The van der Waals surface area contributed by atoms with E-state index in [1.54, 1.807) is 11.8 Å². The fourth-order valence-electron chi connectivity index (χ4n) is 4.20. The van der Waals surface area contributed by atoms with Crippen LogP contribution in [0, 0.1) is 6.92 Å². The Bertz CT molecular complexity index is 894. The summed E-state index contributed by atoms with van der Waals surface area (Å²) in [6.07, 6.45) is 4.82. The highest BCUT2D eigenvalue weighted by Crippen LogP contribution is 2.27. The van der Waals surface area contributed by atoms with Gasteiger partial charge in [0.05, 0.1) is 25.8 Å². The van der Waals surface area contributed by atoms with Crippen molar-refractivity contribution in [2.75, 3.05) is 39.4 Å². The van der Waals surface area contributed by atoms with Crippen LogP contribution in [0.1, 0.15) is 41.8 Å². The smallest absolute Gasteiger partial charge is 0.259 e. The molecule has 2 fully saturated rings. The lowest BCUT2D eigenvalue weighted by atomic mass is 9.95. The number of likely N-dealkylation sites (tertiary alicyclic amines) is 1. The molecule has 2 amide bonds. The standard InChI is InChI=1S/C23H29N3O5/c1-18-20(15-24-31-18)22(28)26-12-13-30-23(16-26,17-29-19-8-4-2-5-9-19)14-21(27)25-10-6-3-7-11-25/h2,4-5,8-9,15H,3,6-7,10-14,16-17H2,1H3. The zero-order chi connectivity index (χ0) is 21.7. The summed E-state index contributed by atoms with van der Waals surface area (Å²) >= 11 is 0. The van der Waals surface area contributed by atoms with E-state index >= 15 is 0 Å². The van der Waals surface area contributed by atoms with Crippen molar-refractivity contribution in [3.05, 3.63) is 47.9 Å². The molecular formula is C23H29N3O5. The van der Waals surface area contributed by atoms with E-state index in [4.69, 9.17) is 14.0 Å². The number of aryl methyl sites for hydroxylation is 1. The van der Waals surface area contributed by atoms with Crippen molar-refractivity contribution in [3.63, 3.8) is 0 Å². The lowest BCUT2D eigenvalue weighted by Crippen LogP contribution is -2.58. The van der Waals surface area contributed by atoms with Crippen LogP contribution >= 0.6 is 0 Å². The van der Waals surface area contributed by atoms with Gasteiger partial charge < -0.3 is 23.8 Å². The fraction of sp³-hybridized carbons (Fsp3) is 0.522. The second-order valence-corrected chi connectivity index (χ2v) is 8.27. The number of morpholine rings is 1. The number of aromatic nitrogens is 1. The van der Waals surface area contributed by atoms with E-state index in [-0.39, 0.29) is 31.4 Å². The molecule has 2 aliphatic rings. The molecule has 2 saturated heterocycles. The topological polar surface area (TPSA) is 85.1 Å². The maximum absolute atomic E-state index is 13.1. The van der Waals surface area contributed by atoms with Gasteiger partial charge in [0, 0.05) is 19.6 Å². The molecule has 0 spiro atoms. The lowest BCUT2D eigenvalue weighted by Gasteiger charge is -2.43. The quantitative estimate of drug-likeness (QED) is 0.705. The van der Waals surface area contributed by atoms with Crippen molar-refractivity contribution < 1.29 is 23.6 Å². The normalized spacial score (nSPS) is 21.7. The molecule has 1 aromatic heterocycles. The van der Waals surface area contributed by atoms with E-state index in [1.807, 2.05) is 35.2 Å². The second-order valence-electron chi connectivity index (χ2n) is 8.27. The zero-order valence-corrected chi connectivity index (χ0v) is 17.9. The molecule has 1 unspecified atom stereocenters. The van der Waals surface area contributed by atoms with E-state index in [1.165, 1.54) is 6.20 Å². The van der Waals surface area contributed by atoms with Crippen molar-refractivity contribution in [1.82, 2.24) is 15.0 Å². The van der Waals surface area contributed by atoms with Crippen molar-refractivity contribution in [2.24, 2.45) is 0 Å².